The molecule has 2 aromatic heterocycles. The average Bonchev–Trinajstić information content (AvgIpc) is 2.72. The van der Waals surface area contributed by atoms with Crippen LogP contribution in [-0.4, -0.2) is 40.8 Å². The van der Waals surface area contributed by atoms with Crippen LogP contribution in [0.4, 0.5) is 21.6 Å². The fourth-order valence-corrected chi connectivity index (χ4v) is 2.99. The van der Waals surface area contributed by atoms with Gasteiger partial charge in [0.1, 0.15) is 11.6 Å². The lowest BCUT2D eigenvalue weighted by Crippen LogP contribution is -2.22. The summed E-state index contributed by atoms with van der Waals surface area (Å²) < 4.78 is 13.4. The Morgan fingerprint density at radius 2 is 1.87 bits per heavy atom. The van der Waals surface area contributed by atoms with Crippen LogP contribution in [0.25, 0.3) is 0 Å². The van der Waals surface area contributed by atoms with Crippen LogP contribution in [0.2, 0.25) is 0 Å². The second-order valence-electron chi connectivity index (χ2n) is 7.20. The quantitative estimate of drug-likeness (QED) is 0.539. The summed E-state index contributed by atoms with van der Waals surface area (Å²) in [5.74, 6) is -0.693. The van der Waals surface area contributed by atoms with Gasteiger partial charge in [0, 0.05) is 50.4 Å². The van der Waals surface area contributed by atoms with Gasteiger partial charge in [0.2, 0.25) is 0 Å². The number of benzene rings is 1. The molecule has 0 unspecified atom stereocenters. The number of nitrogens with two attached hydrogens (primary N) is 1. The minimum atomic E-state index is -0.638. The van der Waals surface area contributed by atoms with Crippen molar-refractivity contribution in [3.63, 3.8) is 0 Å². The number of nitrogens with one attached hydrogen (secondary N) is 2. The van der Waals surface area contributed by atoms with Crippen LogP contribution in [-0.2, 0) is 6.54 Å². The van der Waals surface area contributed by atoms with Gasteiger partial charge >= 0.3 is 0 Å². The number of carbonyl (C=O) groups is 2. The molecule has 0 bridgehead atoms. The van der Waals surface area contributed by atoms with Gasteiger partial charge in [-0.25, -0.2) is 9.37 Å². The summed E-state index contributed by atoms with van der Waals surface area (Å²) in [6, 6.07) is 8.35. The van der Waals surface area contributed by atoms with E-state index in [1.165, 1.54) is 23.4 Å². The molecule has 0 spiro atoms. The second kappa shape index (κ2) is 9.21. The predicted octanol–water partition coefficient (Wildman–Crippen LogP) is 3.08. The van der Waals surface area contributed by atoms with Gasteiger partial charge < -0.3 is 21.3 Å². The Labute approximate surface area is 179 Å². The first-order valence-corrected chi connectivity index (χ1v) is 9.47. The molecule has 0 radical (unpaired) electrons. The number of amides is 2. The highest BCUT2D eigenvalue weighted by Gasteiger charge is 2.13. The van der Waals surface area contributed by atoms with Crippen LogP contribution in [0.1, 0.15) is 31.8 Å². The molecular weight excluding hydrogens is 399 g/mol. The molecule has 0 fully saturated rings. The Kier molecular flexibility index (Phi) is 6.44. The van der Waals surface area contributed by atoms with Crippen molar-refractivity contribution in [2.75, 3.05) is 24.7 Å². The largest absolute Gasteiger partial charge is 0.380 e. The number of halogens is 1. The third-order valence-corrected chi connectivity index (χ3v) is 4.55. The normalized spacial score (nSPS) is 10.5. The number of primary amides is 1. The molecule has 0 saturated heterocycles. The van der Waals surface area contributed by atoms with Crippen molar-refractivity contribution in [2.24, 2.45) is 5.73 Å². The molecule has 0 saturated carbocycles. The van der Waals surface area contributed by atoms with Crippen LogP contribution in [0.15, 0.2) is 48.9 Å². The lowest BCUT2D eigenvalue weighted by molar-refractivity contribution is 0.0826. The van der Waals surface area contributed by atoms with E-state index >= 15 is 0 Å². The molecular formula is C22H23FN6O2. The number of aromatic nitrogens is 2. The number of aryl methyl sites for hydroxylation is 1. The molecule has 2 amide bonds. The highest BCUT2D eigenvalue weighted by molar-refractivity contribution is 5.99. The SMILES string of the molecule is Cc1cc(Nc2cc(NCc3cncc(F)c3)c(C(N)=O)cn2)ccc1C(=O)N(C)C. The van der Waals surface area contributed by atoms with Gasteiger partial charge in [-0.15, -0.1) is 0 Å². The molecule has 0 aliphatic carbocycles. The Bertz CT molecular complexity index is 1130. The highest BCUT2D eigenvalue weighted by Crippen LogP contribution is 2.24. The zero-order chi connectivity index (χ0) is 22.5. The first-order valence-electron chi connectivity index (χ1n) is 9.47. The molecule has 0 aliphatic heterocycles. The molecule has 0 atom stereocenters. The Morgan fingerprint density at radius 1 is 1.10 bits per heavy atom. The van der Waals surface area contributed by atoms with Crippen molar-refractivity contribution in [2.45, 2.75) is 13.5 Å². The van der Waals surface area contributed by atoms with E-state index in [0.717, 1.165) is 17.4 Å². The third kappa shape index (κ3) is 5.33. The number of hydrogen-bond donors (Lipinski definition) is 3. The molecule has 1 aromatic carbocycles. The molecule has 0 aliphatic rings. The lowest BCUT2D eigenvalue weighted by Gasteiger charge is -2.15. The number of hydrogen-bond acceptors (Lipinski definition) is 6. The maximum atomic E-state index is 13.4. The summed E-state index contributed by atoms with van der Waals surface area (Å²) in [6.45, 7) is 2.10. The summed E-state index contributed by atoms with van der Waals surface area (Å²) in [4.78, 5) is 33.5. The smallest absolute Gasteiger partial charge is 0.253 e. The van der Waals surface area contributed by atoms with E-state index in [-0.39, 0.29) is 18.0 Å². The van der Waals surface area contributed by atoms with Gasteiger partial charge in [0.25, 0.3) is 11.8 Å². The molecule has 4 N–H and O–H groups in total. The van der Waals surface area contributed by atoms with Crippen molar-refractivity contribution in [3.05, 3.63) is 77.0 Å². The number of carbonyl (C=O) groups excluding carboxylic acids is 2. The zero-order valence-electron chi connectivity index (χ0n) is 17.4. The van der Waals surface area contributed by atoms with Gasteiger partial charge in [-0.05, 0) is 42.3 Å². The summed E-state index contributed by atoms with van der Waals surface area (Å²) in [7, 11) is 3.40. The fourth-order valence-electron chi connectivity index (χ4n) is 2.99. The minimum Gasteiger partial charge on any atom is -0.380 e. The van der Waals surface area contributed by atoms with E-state index < -0.39 is 11.7 Å². The predicted molar refractivity (Wildman–Crippen MR) is 117 cm³/mol. The van der Waals surface area contributed by atoms with Crippen LogP contribution < -0.4 is 16.4 Å². The first-order chi connectivity index (χ1) is 14.7. The number of rotatable bonds is 7. The standard InChI is InChI=1S/C22H23FN6O2/c1-13-6-16(4-5-17(13)22(31)29(2)3)28-20-8-19(18(12-27-20)21(24)30)26-10-14-7-15(23)11-25-9-14/h4-9,11-12H,10H2,1-3H3,(H2,24,30)(H2,26,27,28). The van der Waals surface area contributed by atoms with Gasteiger partial charge in [-0.3, -0.25) is 14.6 Å². The van der Waals surface area contributed by atoms with Crippen LogP contribution in [0, 0.1) is 12.7 Å². The average molecular weight is 422 g/mol. The van der Waals surface area contributed by atoms with Crippen LogP contribution >= 0.6 is 0 Å². The maximum Gasteiger partial charge on any atom is 0.253 e. The molecule has 9 heteroatoms. The van der Waals surface area contributed by atoms with Crippen LogP contribution in [0.5, 0.6) is 0 Å². The van der Waals surface area contributed by atoms with Gasteiger partial charge in [-0.1, -0.05) is 0 Å². The van der Waals surface area contributed by atoms with Crippen LogP contribution in [0.3, 0.4) is 0 Å². The molecule has 3 aromatic rings. The molecule has 160 valence electrons. The zero-order valence-corrected chi connectivity index (χ0v) is 17.4. The summed E-state index contributed by atoms with van der Waals surface area (Å²) in [6.07, 6.45) is 4.01. The molecule has 31 heavy (non-hydrogen) atoms. The van der Waals surface area contributed by atoms with Crippen molar-refractivity contribution in [1.82, 2.24) is 14.9 Å². The fraction of sp³-hybridized carbons (Fsp3) is 0.182. The van der Waals surface area contributed by atoms with Crippen molar-refractivity contribution >= 4 is 29.0 Å². The summed E-state index contributed by atoms with van der Waals surface area (Å²) >= 11 is 0. The van der Waals surface area contributed by atoms with E-state index in [4.69, 9.17) is 5.73 Å². The lowest BCUT2D eigenvalue weighted by atomic mass is 10.1. The highest BCUT2D eigenvalue weighted by atomic mass is 19.1. The van der Waals surface area contributed by atoms with Gasteiger partial charge in [-0.2, -0.15) is 0 Å². The van der Waals surface area contributed by atoms with E-state index in [2.05, 4.69) is 20.6 Å². The summed E-state index contributed by atoms with van der Waals surface area (Å²) in [5.41, 5.74) is 8.87. The first kappa shape index (κ1) is 21.7. The monoisotopic (exact) mass is 422 g/mol. The van der Waals surface area contributed by atoms with E-state index in [9.17, 15) is 14.0 Å². The van der Waals surface area contributed by atoms with Crippen molar-refractivity contribution in [1.29, 1.82) is 0 Å². The van der Waals surface area contributed by atoms with E-state index in [1.807, 2.05) is 13.0 Å². The Hall–Kier alpha value is -4.01. The number of anilines is 3. The Balaban J connectivity index is 1.82. The number of pyridine rings is 2. The molecule has 8 nitrogen and oxygen atoms in total. The minimum absolute atomic E-state index is 0.0775. The van der Waals surface area contributed by atoms with Gasteiger partial charge in [0.05, 0.1) is 17.4 Å². The summed E-state index contributed by atoms with van der Waals surface area (Å²) in [5, 5.41) is 6.23. The molecule has 2 heterocycles. The van der Waals surface area contributed by atoms with Gasteiger partial charge in [0.15, 0.2) is 0 Å². The topological polar surface area (TPSA) is 113 Å². The number of nitrogens with zero attached hydrogens (tertiary/aromatic N) is 3. The maximum absolute atomic E-state index is 13.4. The molecule has 3 rings (SSSR count). The van der Waals surface area contributed by atoms with E-state index in [0.29, 0.717) is 22.6 Å². The Morgan fingerprint density at radius 3 is 2.52 bits per heavy atom. The second-order valence-corrected chi connectivity index (χ2v) is 7.20. The van der Waals surface area contributed by atoms with Crippen molar-refractivity contribution < 1.29 is 14.0 Å². The van der Waals surface area contributed by atoms with E-state index in [1.54, 1.807) is 32.3 Å². The third-order valence-electron chi connectivity index (χ3n) is 4.55. The van der Waals surface area contributed by atoms with Crippen molar-refractivity contribution in [3.8, 4) is 0 Å².